The van der Waals surface area contributed by atoms with Crippen molar-refractivity contribution in [2.24, 2.45) is 0 Å². The lowest BCUT2D eigenvalue weighted by molar-refractivity contribution is -0.115. The number of aromatic nitrogens is 1. The summed E-state index contributed by atoms with van der Waals surface area (Å²) in [5.41, 5.74) is 1.77. The molecule has 1 aromatic heterocycles. The molecule has 0 bridgehead atoms. The Morgan fingerprint density at radius 3 is 2.54 bits per heavy atom. The number of nitrogens with zero attached hydrogens (tertiary/aromatic N) is 1. The Labute approximate surface area is 170 Å². The molecular formula is C20H17FN2O3S2. The second-order valence-corrected chi connectivity index (χ2v) is 7.86. The topological polar surface area (TPSA) is 68.3 Å². The molecular weight excluding hydrogens is 399 g/mol. The number of rotatable bonds is 8. The van der Waals surface area contributed by atoms with Crippen LogP contribution in [0.4, 0.5) is 10.1 Å². The summed E-state index contributed by atoms with van der Waals surface area (Å²) in [5.74, 6) is 0.374. The summed E-state index contributed by atoms with van der Waals surface area (Å²) in [4.78, 5) is 28.7. The van der Waals surface area contributed by atoms with E-state index < -0.39 is 0 Å². The molecule has 0 aliphatic carbocycles. The summed E-state index contributed by atoms with van der Waals surface area (Å²) in [7, 11) is 1.58. The maximum atomic E-state index is 12.9. The van der Waals surface area contributed by atoms with Gasteiger partial charge in [0.2, 0.25) is 5.91 Å². The Hall–Kier alpha value is -2.71. The van der Waals surface area contributed by atoms with Crippen LogP contribution in [0.5, 0.6) is 5.75 Å². The smallest absolute Gasteiger partial charge is 0.230 e. The standard InChI is InChI=1S/C20H17FN2O3S2/c1-26-17-8-2-13(3-9-17)18(24)12-28-20-23-16(11-27-20)10-19(25)22-15-6-4-14(21)5-7-15/h2-9,11H,10,12H2,1H3,(H,22,25). The Morgan fingerprint density at radius 1 is 1.14 bits per heavy atom. The first-order valence-electron chi connectivity index (χ1n) is 8.33. The maximum absolute atomic E-state index is 12.9. The van der Waals surface area contributed by atoms with Crippen LogP contribution < -0.4 is 10.1 Å². The molecule has 1 amide bonds. The van der Waals surface area contributed by atoms with Crippen molar-refractivity contribution in [3.8, 4) is 5.75 Å². The van der Waals surface area contributed by atoms with Crippen molar-refractivity contribution in [1.29, 1.82) is 0 Å². The van der Waals surface area contributed by atoms with E-state index in [0.717, 1.165) is 4.34 Å². The van der Waals surface area contributed by atoms with Crippen LogP contribution in [0.2, 0.25) is 0 Å². The molecule has 3 rings (SSSR count). The van der Waals surface area contributed by atoms with Crippen LogP contribution in [0.3, 0.4) is 0 Å². The molecule has 0 aliphatic heterocycles. The van der Waals surface area contributed by atoms with E-state index >= 15 is 0 Å². The lowest BCUT2D eigenvalue weighted by Gasteiger charge is -2.03. The molecule has 0 atom stereocenters. The lowest BCUT2D eigenvalue weighted by Crippen LogP contribution is -2.14. The number of carbonyl (C=O) groups excluding carboxylic acids is 2. The molecule has 28 heavy (non-hydrogen) atoms. The molecule has 0 unspecified atom stereocenters. The second kappa shape index (κ2) is 9.48. The van der Waals surface area contributed by atoms with Crippen LogP contribution in [-0.4, -0.2) is 29.5 Å². The van der Waals surface area contributed by atoms with E-state index in [2.05, 4.69) is 10.3 Å². The highest BCUT2D eigenvalue weighted by atomic mass is 32.2. The minimum absolute atomic E-state index is 0.00143. The van der Waals surface area contributed by atoms with Gasteiger partial charge >= 0.3 is 0 Å². The normalized spacial score (nSPS) is 10.5. The van der Waals surface area contributed by atoms with Crippen LogP contribution in [0, 0.1) is 5.82 Å². The van der Waals surface area contributed by atoms with Gasteiger partial charge in [-0.05, 0) is 48.5 Å². The first kappa shape index (κ1) is 20.0. The number of thiazole rings is 1. The van der Waals surface area contributed by atoms with Crippen LogP contribution in [-0.2, 0) is 11.2 Å². The monoisotopic (exact) mass is 416 g/mol. The summed E-state index contributed by atoms with van der Waals surface area (Å²) < 4.78 is 18.7. The lowest BCUT2D eigenvalue weighted by atomic mass is 10.1. The van der Waals surface area contributed by atoms with Crippen molar-refractivity contribution in [1.82, 2.24) is 4.98 Å². The highest BCUT2D eigenvalue weighted by molar-refractivity contribution is 8.01. The quantitative estimate of drug-likeness (QED) is 0.434. The highest BCUT2D eigenvalue weighted by Crippen LogP contribution is 2.24. The van der Waals surface area contributed by atoms with Gasteiger partial charge in [0.25, 0.3) is 0 Å². The van der Waals surface area contributed by atoms with Crippen molar-refractivity contribution in [2.75, 3.05) is 18.2 Å². The van der Waals surface area contributed by atoms with Gasteiger partial charge in [0.15, 0.2) is 10.1 Å². The largest absolute Gasteiger partial charge is 0.497 e. The molecule has 144 valence electrons. The van der Waals surface area contributed by atoms with E-state index in [9.17, 15) is 14.0 Å². The van der Waals surface area contributed by atoms with Crippen LogP contribution >= 0.6 is 23.1 Å². The summed E-state index contributed by atoms with van der Waals surface area (Å²) >= 11 is 2.73. The molecule has 0 spiro atoms. The van der Waals surface area contributed by atoms with Crippen LogP contribution in [0.25, 0.3) is 0 Å². The van der Waals surface area contributed by atoms with E-state index in [0.29, 0.717) is 22.7 Å². The van der Waals surface area contributed by atoms with Crippen molar-refractivity contribution < 1.29 is 18.7 Å². The fraction of sp³-hybridized carbons (Fsp3) is 0.150. The predicted octanol–water partition coefficient (Wildman–Crippen LogP) is 4.45. The van der Waals surface area contributed by atoms with Gasteiger partial charge in [0.1, 0.15) is 11.6 Å². The van der Waals surface area contributed by atoms with Crippen LogP contribution in [0.15, 0.2) is 58.3 Å². The Morgan fingerprint density at radius 2 is 1.86 bits per heavy atom. The number of hydrogen-bond acceptors (Lipinski definition) is 6. The van der Waals surface area contributed by atoms with E-state index in [1.807, 2.05) is 0 Å². The molecule has 0 radical (unpaired) electrons. The number of benzene rings is 2. The summed E-state index contributed by atoms with van der Waals surface area (Å²) in [6, 6.07) is 12.5. The second-order valence-electron chi connectivity index (χ2n) is 5.78. The Balaban J connectivity index is 1.49. The number of methoxy groups -OCH3 is 1. The first-order chi connectivity index (χ1) is 13.5. The molecule has 1 N–H and O–H groups in total. The molecule has 5 nitrogen and oxygen atoms in total. The zero-order valence-corrected chi connectivity index (χ0v) is 16.6. The van der Waals surface area contributed by atoms with E-state index in [4.69, 9.17) is 4.74 Å². The number of nitrogens with one attached hydrogen (secondary N) is 1. The third-order valence-corrected chi connectivity index (χ3v) is 5.81. The number of hydrogen-bond donors (Lipinski definition) is 1. The zero-order valence-electron chi connectivity index (χ0n) is 15.0. The number of ether oxygens (including phenoxy) is 1. The molecule has 1 heterocycles. The Bertz CT molecular complexity index is 956. The fourth-order valence-electron chi connectivity index (χ4n) is 2.33. The number of anilines is 1. The number of thioether (sulfide) groups is 1. The molecule has 0 saturated heterocycles. The van der Waals surface area contributed by atoms with Crippen LogP contribution in [0.1, 0.15) is 16.1 Å². The summed E-state index contributed by atoms with van der Waals surface area (Å²) in [6.45, 7) is 0. The van der Waals surface area contributed by atoms with Gasteiger partial charge in [-0.15, -0.1) is 11.3 Å². The van der Waals surface area contributed by atoms with Gasteiger partial charge in [-0.2, -0.15) is 0 Å². The van der Waals surface area contributed by atoms with Gasteiger partial charge in [0, 0.05) is 16.6 Å². The average molecular weight is 416 g/mol. The van der Waals surface area contributed by atoms with Gasteiger partial charge in [-0.1, -0.05) is 11.8 Å². The zero-order chi connectivity index (χ0) is 19.9. The Kier molecular flexibility index (Phi) is 6.78. The van der Waals surface area contributed by atoms with Gasteiger partial charge < -0.3 is 10.1 Å². The van der Waals surface area contributed by atoms with E-state index in [-0.39, 0.29) is 29.7 Å². The van der Waals surface area contributed by atoms with Gasteiger partial charge in [0.05, 0.1) is 25.0 Å². The molecule has 8 heteroatoms. The third-order valence-electron chi connectivity index (χ3n) is 3.74. The third kappa shape index (κ3) is 5.64. The SMILES string of the molecule is COc1ccc(C(=O)CSc2nc(CC(=O)Nc3ccc(F)cc3)cs2)cc1. The minimum Gasteiger partial charge on any atom is -0.497 e. The van der Waals surface area contributed by atoms with Crippen molar-refractivity contribution in [3.63, 3.8) is 0 Å². The summed E-state index contributed by atoms with van der Waals surface area (Å²) in [5, 5.41) is 4.49. The number of Topliss-reactive ketones (excluding diaryl/α,β-unsaturated/α-hetero) is 1. The van der Waals surface area contributed by atoms with E-state index in [1.165, 1.54) is 47.4 Å². The molecule has 3 aromatic rings. The number of amides is 1. The number of ketones is 1. The fourth-order valence-corrected chi connectivity index (χ4v) is 4.07. The average Bonchev–Trinajstić information content (AvgIpc) is 3.15. The highest BCUT2D eigenvalue weighted by Gasteiger charge is 2.11. The number of halogens is 1. The van der Waals surface area contributed by atoms with E-state index in [1.54, 1.807) is 36.8 Å². The van der Waals surface area contributed by atoms with Crippen molar-refractivity contribution >= 4 is 40.5 Å². The van der Waals surface area contributed by atoms with Gasteiger partial charge in [-0.3, -0.25) is 9.59 Å². The molecule has 0 fully saturated rings. The minimum atomic E-state index is -0.358. The molecule has 2 aromatic carbocycles. The predicted molar refractivity (Wildman–Crippen MR) is 109 cm³/mol. The summed E-state index contributed by atoms with van der Waals surface area (Å²) in [6.07, 6.45) is 0.112. The van der Waals surface area contributed by atoms with Gasteiger partial charge in [-0.25, -0.2) is 9.37 Å². The molecule has 0 saturated carbocycles. The molecule has 0 aliphatic rings. The maximum Gasteiger partial charge on any atom is 0.230 e. The van der Waals surface area contributed by atoms with Crippen molar-refractivity contribution in [3.05, 3.63) is 71.0 Å². The number of carbonyl (C=O) groups is 2. The first-order valence-corrected chi connectivity index (χ1v) is 10.2. The van der Waals surface area contributed by atoms with Crippen molar-refractivity contribution in [2.45, 2.75) is 10.8 Å².